The van der Waals surface area contributed by atoms with Crippen molar-refractivity contribution < 1.29 is 0 Å². The van der Waals surface area contributed by atoms with Gasteiger partial charge in [0.2, 0.25) is 0 Å². The maximum atomic E-state index is 5.12. The lowest BCUT2D eigenvalue weighted by Gasteiger charge is -2.29. The second-order valence-corrected chi connectivity index (χ2v) is 12.4. The lowest BCUT2D eigenvalue weighted by Crippen LogP contribution is -2.22. The normalized spacial score (nSPS) is 11.8. The molecule has 2 heteroatoms. The summed E-state index contributed by atoms with van der Waals surface area (Å²) in [5.74, 6) is 1.35. The second-order valence-electron chi connectivity index (χ2n) is 12.4. The molecule has 0 saturated carbocycles. The number of benzene rings is 4. The predicted octanol–water partition coefficient (Wildman–Crippen LogP) is 11.1. The molecule has 0 amide bonds. The van der Waals surface area contributed by atoms with Crippen LogP contribution >= 0.6 is 0 Å². The van der Waals surface area contributed by atoms with Crippen LogP contribution in [0.1, 0.15) is 82.2 Å². The molecule has 0 aliphatic carbocycles. The zero-order valence-electron chi connectivity index (χ0n) is 25.8. The van der Waals surface area contributed by atoms with Crippen molar-refractivity contribution in [3.63, 3.8) is 0 Å². The Balaban J connectivity index is 1.71. The maximum absolute atomic E-state index is 5.12. The number of hydrogen-bond donors (Lipinski definition) is 0. The van der Waals surface area contributed by atoms with E-state index in [1.54, 1.807) is 0 Å². The lowest BCUT2D eigenvalue weighted by molar-refractivity contribution is 0.439. The topological polar surface area (TPSA) is 17.8 Å². The molecule has 1 heterocycles. The zero-order valence-corrected chi connectivity index (χ0v) is 25.8. The summed E-state index contributed by atoms with van der Waals surface area (Å²) < 4.78 is 2.47. The highest BCUT2D eigenvalue weighted by molar-refractivity contribution is 5.76. The van der Waals surface area contributed by atoms with Gasteiger partial charge < -0.3 is 0 Å². The Hall–Kier alpha value is -3.91. The molecular weight excluding hydrogens is 496 g/mol. The molecule has 0 fully saturated rings. The zero-order chi connectivity index (χ0) is 29.1. The number of unbranched alkanes of at least 4 members (excludes halogenated alkanes) is 1. The van der Waals surface area contributed by atoms with Gasteiger partial charge >= 0.3 is 0 Å². The van der Waals surface area contributed by atoms with E-state index < -0.39 is 0 Å². The van der Waals surface area contributed by atoms with E-state index in [1.807, 2.05) is 0 Å². The van der Waals surface area contributed by atoms with Crippen molar-refractivity contribution in [1.82, 2.24) is 9.55 Å². The molecular formula is C39H44N2. The first-order valence-electron chi connectivity index (χ1n) is 15.2. The Labute approximate surface area is 247 Å². The SMILES string of the molecule is CCCCC(C)(C)c1cnc(-c2ccc(C)c(C)c2)n1-c1cccc(-c2ccc(-c3ccccc3)cc2)c1C(C)C. The molecule has 1 aromatic heterocycles. The van der Waals surface area contributed by atoms with Gasteiger partial charge in [-0.25, -0.2) is 4.98 Å². The van der Waals surface area contributed by atoms with Gasteiger partial charge in [-0.2, -0.15) is 0 Å². The molecule has 4 aromatic carbocycles. The Morgan fingerprint density at radius 1 is 0.732 bits per heavy atom. The van der Waals surface area contributed by atoms with Crippen molar-refractivity contribution in [2.24, 2.45) is 0 Å². The van der Waals surface area contributed by atoms with E-state index in [4.69, 9.17) is 4.98 Å². The van der Waals surface area contributed by atoms with E-state index in [2.05, 4.69) is 150 Å². The fourth-order valence-corrected chi connectivity index (χ4v) is 5.98. The summed E-state index contributed by atoms with van der Waals surface area (Å²) in [6, 6.07) is 33.2. The number of hydrogen-bond acceptors (Lipinski definition) is 1. The van der Waals surface area contributed by atoms with Crippen LogP contribution in [0.3, 0.4) is 0 Å². The van der Waals surface area contributed by atoms with E-state index in [-0.39, 0.29) is 5.41 Å². The second kappa shape index (κ2) is 11.9. The molecule has 5 rings (SSSR count). The highest BCUT2D eigenvalue weighted by Crippen LogP contribution is 2.40. The molecule has 0 saturated heterocycles. The Kier molecular flexibility index (Phi) is 8.31. The molecule has 0 N–H and O–H groups in total. The summed E-state index contributed by atoms with van der Waals surface area (Å²) in [7, 11) is 0. The number of aromatic nitrogens is 2. The van der Waals surface area contributed by atoms with Crippen LogP contribution in [0.15, 0.2) is 97.2 Å². The van der Waals surface area contributed by atoms with Gasteiger partial charge in [-0.15, -0.1) is 0 Å². The van der Waals surface area contributed by atoms with E-state index in [0.29, 0.717) is 5.92 Å². The lowest BCUT2D eigenvalue weighted by atomic mass is 9.83. The van der Waals surface area contributed by atoms with Crippen molar-refractivity contribution in [2.75, 3.05) is 0 Å². The highest BCUT2D eigenvalue weighted by Gasteiger charge is 2.29. The van der Waals surface area contributed by atoms with E-state index in [0.717, 1.165) is 17.8 Å². The number of aryl methyl sites for hydroxylation is 2. The van der Waals surface area contributed by atoms with E-state index in [9.17, 15) is 0 Å². The minimum atomic E-state index is -0.0113. The maximum Gasteiger partial charge on any atom is 0.144 e. The molecule has 0 spiro atoms. The molecule has 0 aliphatic rings. The predicted molar refractivity (Wildman–Crippen MR) is 176 cm³/mol. The van der Waals surface area contributed by atoms with Gasteiger partial charge in [0.25, 0.3) is 0 Å². The first kappa shape index (κ1) is 28.6. The summed E-state index contributed by atoms with van der Waals surface area (Å²) in [4.78, 5) is 5.12. The van der Waals surface area contributed by atoms with Crippen molar-refractivity contribution in [1.29, 1.82) is 0 Å². The Morgan fingerprint density at radius 3 is 2.05 bits per heavy atom. The third-order valence-corrected chi connectivity index (χ3v) is 8.58. The minimum absolute atomic E-state index is 0.0113. The molecule has 0 atom stereocenters. The van der Waals surface area contributed by atoms with Crippen LogP contribution in [-0.2, 0) is 5.41 Å². The van der Waals surface area contributed by atoms with Gasteiger partial charge in [0.1, 0.15) is 5.82 Å². The summed E-state index contributed by atoms with van der Waals surface area (Å²) >= 11 is 0. The monoisotopic (exact) mass is 540 g/mol. The van der Waals surface area contributed by atoms with Gasteiger partial charge in [-0.1, -0.05) is 126 Å². The summed E-state index contributed by atoms with van der Waals surface area (Å²) in [6.45, 7) is 16.0. The van der Waals surface area contributed by atoms with Gasteiger partial charge in [0.15, 0.2) is 0 Å². The fraction of sp³-hybridized carbons (Fsp3) is 0.308. The van der Waals surface area contributed by atoms with Crippen molar-refractivity contribution >= 4 is 0 Å². The molecule has 41 heavy (non-hydrogen) atoms. The number of nitrogens with zero attached hydrogens (tertiary/aromatic N) is 2. The van der Waals surface area contributed by atoms with Crippen LogP contribution in [0.5, 0.6) is 0 Å². The Bertz CT molecular complexity index is 1620. The third kappa shape index (κ3) is 5.79. The molecule has 210 valence electrons. The summed E-state index contributed by atoms with van der Waals surface area (Å²) in [5, 5.41) is 0. The van der Waals surface area contributed by atoms with Gasteiger partial charge in [0.05, 0.1) is 5.69 Å². The quantitative estimate of drug-likeness (QED) is 0.182. The molecule has 0 unspecified atom stereocenters. The summed E-state index contributed by atoms with van der Waals surface area (Å²) in [6.07, 6.45) is 5.64. The highest BCUT2D eigenvalue weighted by atomic mass is 15.1. The van der Waals surface area contributed by atoms with Crippen molar-refractivity contribution in [3.05, 3.63) is 120 Å². The van der Waals surface area contributed by atoms with E-state index >= 15 is 0 Å². The minimum Gasteiger partial charge on any atom is -0.296 e. The third-order valence-electron chi connectivity index (χ3n) is 8.58. The first-order valence-corrected chi connectivity index (χ1v) is 15.2. The molecule has 0 bridgehead atoms. The molecule has 2 nitrogen and oxygen atoms in total. The number of rotatable bonds is 9. The van der Waals surface area contributed by atoms with Crippen molar-refractivity contribution in [2.45, 2.75) is 79.1 Å². The smallest absolute Gasteiger partial charge is 0.144 e. The van der Waals surface area contributed by atoms with Crippen LogP contribution in [0.25, 0.3) is 39.3 Å². The van der Waals surface area contributed by atoms with Gasteiger partial charge in [0, 0.05) is 22.9 Å². The standard InChI is InChI=1S/C39H44N2/c1-8-9-24-39(6,7)36-26-40-38(33-19-18-28(4)29(5)25-33)41(36)35-17-13-16-34(37(35)27(2)3)32-22-20-31(21-23-32)30-14-11-10-12-15-30/h10-23,25-27H,8-9,24H2,1-7H3. The Morgan fingerprint density at radius 2 is 1.39 bits per heavy atom. The van der Waals surface area contributed by atoms with Gasteiger partial charge in [-0.3, -0.25) is 4.57 Å². The molecule has 0 aliphatic heterocycles. The first-order chi connectivity index (χ1) is 19.7. The summed E-state index contributed by atoms with van der Waals surface area (Å²) in [5.41, 5.74) is 12.6. The molecule has 0 radical (unpaired) electrons. The number of imidazole rings is 1. The van der Waals surface area contributed by atoms with Crippen molar-refractivity contribution in [3.8, 4) is 39.3 Å². The van der Waals surface area contributed by atoms with Gasteiger partial charge in [-0.05, 0) is 77.3 Å². The average molecular weight is 541 g/mol. The van der Waals surface area contributed by atoms with Crippen LogP contribution in [0.2, 0.25) is 0 Å². The van der Waals surface area contributed by atoms with Crippen LogP contribution < -0.4 is 0 Å². The van der Waals surface area contributed by atoms with Crippen LogP contribution in [-0.4, -0.2) is 9.55 Å². The largest absolute Gasteiger partial charge is 0.296 e. The average Bonchev–Trinajstić information content (AvgIpc) is 3.44. The fourth-order valence-electron chi connectivity index (χ4n) is 5.98. The molecule has 5 aromatic rings. The van der Waals surface area contributed by atoms with Crippen LogP contribution in [0, 0.1) is 13.8 Å². The van der Waals surface area contributed by atoms with Crippen LogP contribution in [0.4, 0.5) is 0 Å². The van der Waals surface area contributed by atoms with E-state index in [1.165, 1.54) is 63.2 Å².